The summed E-state index contributed by atoms with van der Waals surface area (Å²) in [6.07, 6.45) is 3.42. The van der Waals surface area contributed by atoms with Gasteiger partial charge in [0.2, 0.25) is 0 Å². The number of aryl methyl sites for hydroxylation is 2. The van der Waals surface area contributed by atoms with Crippen LogP contribution in [0.1, 0.15) is 40.7 Å². The van der Waals surface area contributed by atoms with E-state index in [1.54, 1.807) is 6.07 Å². The Labute approximate surface area is 124 Å². The first-order valence-corrected chi connectivity index (χ1v) is 7.47. The standard InChI is InChI=1S/C17H20N2O2/c1-11-6-7-13-10-14(17(20)21)16(18-15(13)12(11)2)19-8-4-3-5-9-19/h6-7,10H,3-5,8-9H2,1-2H3,(H,20,21). The first-order valence-electron chi connectivity index (χ1n) is 7.47. The minimum Gasteiger partial charge on any atom is -0.478 e. The zero-order valence-corrected chi connectivity index (χ0v) is 12.5. The van der Waals surface area contributed by atoms with Gasteiger partial charge in [0, 0.05) is 18.5 Å². The van der Waals surface area contributed by atoms with Gasteiger partial charge in [-0.1, -0.05) is 12.1 Å². The van der Waals surface area contributed by atoms with E-state index in [9.17, 15) is 9.90 Å². The van der Waals surface area contributed by atoms with E-state index in [1.165, 1.54) is 12.0 Å². The van der Waals surface area contributed by atoms with Crippen LogP contribution in [0.3, 0.4) is 0 Å². The number of aromatic nitrogens is 1. The minimum absolute atomic E-state index is 0.313. The van der Waals surface area contributed by atoms with Crippen LogP contribution in [0, 0.1) is 13.8 Å². The molecular weight excluding hydrogens is 264 g/mol. The molecule has 0 atom stereocenters. The largest absolute Gasteiger partial charge is 0.478 e. The van der Waals surface area contributed by atoms with Crippen molar-refractivity contribution in [2.75, 3.05) is 18.0 Å². The summed E-state index contributed by atoms with van der Waals surface area (Å²) < 4.78 is 0. The molecule has 1 saturated heterocycles. The Morgan fingerprint density at radius 2 is 1.90 bits per heavy atom. The first-order chi connectivity index (χ1) is 10.1. The van der Waals surface area contributed by atoms with Gasteiger partial charge in [0.1, 0.15) is 11.4 Å². The van der Waals surface area contributed by atoms with E-state index >= 15 is 0 Å². The van der Waals surface area contributed by atoms with Crippen LogP contribution >= 0.6 is 0 Å². The van der Waals surface area contributed by atoms with Crippen LogP contribution < -0.4 is 4.90 Å². The van der Waals surface area contributed by atoms with Crippen molar-refractivity contribution in [3.05, 3.63) is 34.9 Å². The summed E-state index contributed by atoms with van der Waals surface area (Å²) in [5, 5.41) is 10.4. The van der Waals surface area contributed by atoms with E-state index in [2.05, 4.69) is 11.8 Å². The second-order valence-electron chi connectivity index (χ2n) is 5.79. The molecule has 1 aliphatic rings. The van der Waals surface area contributed by atoms with Gasteiger partial charge in [0.15, 0.2) is 0 Å². The average molecular weight is 284 g/mol. The topological polar surface area (TPSA) is 53.4 Å². The summed E-state index contributed by atoms with van der Waals surface area (Å²) >= 11 is 0. The number of carboxylic acid groups (broad SMARTS) is 1. The van der Waals surface area contributed by atoms with Crippen LogP contribution in [0.5, 0.6) is 0 Å². The van der Waals surface area contributed by atoms with Crippen molar-refractivity contribution in [2.24, 2.45) is 0 Å². The number of benzene rings is 1. The summed E-state index contributed by atoms with van der Waals surface area (Å²) in [5.41, 5.74) is 3.54. The zero-order valence-electron chi connectivity index (χ0n) is 12.5. The quantitative estimate of drug-likeness (QED) is 0.916. The van der Waals surface area contributed by atoms with Gasteiger partial charge >= 0.3 is 5.97 Å². The average Bonchev–Trinajstić information content (AvgIpc) is 2.51. The van der Waals surface area contributed by atoms with Crippen molar-refractivity contribution in [3.8, 4) is 0 Å². The molecule has 1 aromatic heterocycles. The normalized spacial score (nSPS) is 15.4. The van der Waals surface area contributed by atoms with E-state index < -0.39 is 5.97 Å². The molecule has 0 unspecified atom stereocenters. The Hall–Kier alpha value is -2.10. The molecule has 1 N–H and O–H groups in total. The summed E-state index contributed by atoms with van der Waals surface area (Å²) in [4.78, 5) is 18.4. The maximum absolute atomic E-state index is 11.6. The second kappa shape index (κ2) is 5.35. The molecule has 2 aromatic rings. The highest BCUT2D eigenvalue weighted by Gasteiger charge is 2.21. The van der Waals surface area contributed by atoms with Crippen molar-refractivity contribution in [1.29, 1.82) is 0 Å². The Morgan fingerprint density at radius 3 is 2.57 bits per heavy atom. The summed E-state index contributed by atoms with van der Waals surface area (Å²) in [5.74, 6) is -0.272. The summed E-state index contributed by atoms with van der Waals surface area (Å²) in [6.45, 7) is 5.89. The van der Waals surface area contributed by atoms with E-state index in [4.69, 9.17) is 4.98 Å². The van der Waals surface area contributed by atoms with Gasteiger partial charge < -0.3 is 10.0 Å². The number of carboxylic acids is 1. The third-order valence-corrected chi connectivity index (χ3v) is 4.38. The van der Waals surface area contributed by atoms with Crippen LogP contribution in [-0.2, 0) is 0 Å². The smallest absolute Gasteiger partial charge is 0.339 e. The lowest BCUT2D eigenvalue weighted by Gasteiger charge is -2.29. The molecule has 0 radical (unpaired) electrons. The maximum atomic E-state index is 11.6. The number of nitrogens with zero attached hydrogens (tertiary/aromatic N) is 2. The van der Waals surface area contributed by atoms with Crippen LogP contribution in [0.25, 0.3) is 10.9 Å². The lowest BCUT2D eigenvalue weighted by Crippen LogP contribution is -2.31. The predicted molar refractivity (Wildman–Crippen MR) is 84.2 cm³/mol. The fourth-order valence-corrected chi connectivity index (χ4v) is 2.98. The van der Waals surface area contributed by atoms with Crippen molar-refractivity contribution in [3.63, 3.8) is 0 Å². The van der Waals surface area contributed by atoms with Crippen molar-refractivity contribution in [1.82, 2.24) is 4.98 Å². The highest BCUT2D eigenvalue weighted by molar-refractivity contribution is 5.99. The van der Waals surface area contributed by atoms with E-state index in [0.717, 1.165) is 42.4 Å². The van der Waals surface area contributed by atoms with Gasteiger partial charge in [0.25, 0.3) is 0 Å². The Bertz CT molecular complexity index is 703. The highest BCUT2D eigenvalue weighted by Crippen LogP contribution is 2.28. The molecule has 4 heteroatoms. The maximum Gasteiger partial charge on any atom is 0.339 e. The molecule has 21 heavy (non-hydrogen) atoms. The molecule has 0 bridgehead atoms. The minimum atomic E-state index is -0.900. The van der Waals surface area contributed by atoms with Crippen LogP contribution in [0.4, 0.5) is 5.82 Å². The lowest BCUT2D eigenvalue weighted by molar-refractivity contribution is 0.0697. The monoisotopic (exact) mass is 284 g/mol. The van der Waals surface area contributed by atoms with Crippen LogP contribution in [0.15, 0.2) is 18.2 Å². The van der Waals surface area contributed by atoms with Gasteiger partial charge in [-0.25, -0.2) is 9.78 Å². The van der Waals surface area contributed by atoms with Gasteiger partial charge in [-0.05, 0) is 50.3 Å². The van der Waals surface area contributed by atoms with Gasteiger partial charge in [-0.3, -0.25) is 0 Å². The molecule has 0 amide bonds. The third kappa shape index (κ3) is 2.46. The second-order valence-corrected chi connectivity index (χ2v) is 5.79. The molecule has 2 heterocycles. The summed E-state index contributed by atoms with van der Waals surface area (Å²) in [6, 6.07) is 5.74. The fourth-order valence-electron chi connectivity index (χ4n) is 2.98. The molecule has 0 aliphatic carbocycles. The first kappa shape index (κ1) is 13.9. The Morgan fingerprint density at radius 1 is 1.19 bits per heavy atom. The van der Waals surface area contributed by atoms with E-state index in [0.29, 0.717) is 11.4 Å². The number of anilines is 1. The van der Waals surface area contributed by atoms with Gasteiger partial charge in [-0.2, -0.15) is 0 Å². The molecule has 1 aliphatic heterocycles. The molecule has 3 rings (SSSR count). The number of hydrogen-bond donors (Lipinski definition) is 1. The van der Waals surface area contributed by atoms with Crippen LogP contribution in [0.2, 0.25) is 0 Å². The van der Waals surface area contributed by atoms with Gasteiger partial charge in [-0.15, -0.1) is 0 Å². The highest BCUT2D eigenvalue weighted by atomic mass is 16.4. The Kier molecular flexibility index (Phi) is 3.53. The van der Waals surface area contributed by atoms with Crippen molar-refractivity contribution >= 4 is 22.7 Å². The predicted octanol–water partition coefficient (Wildman–Crippen LogP) is 3.54. The van der Waals surface area contributed by atoms with Crippen LogP contribution in [-0.4, -0.2) is 29.1 Å². The number of pyridine rings is 1. The Balaban J connectivity index is 2.21. The molecule has 4 nitrogen and oxygen atoms in total. The van der Waals surface area contributed by atoms with Gasteiger partial charge in [0.05, 0.1) is 5.52 Å². The van der Waals surface area contributed by atoms with Crippen molar-refractivity contribution < 1.29 is 9.90 Å². The molecule has 110 valence electrons. The molecule has 0 spiro atoms. The molecule has 1 aromatic carbocycles. The molecule has 1 fully saturated rings. The zero-order chi connectivity index (χ0) is 15.0. The summed E-state index contributed by atoms with van der Waals surface area (Å²) in [7, 11) is 0. The number of aromatic carboxylic acids is 1. The van der Waals surface area contributed by atoms with E-state index in [-0.39, 0.29) is 0 Å². The number of fused-ring (bicyclic) bond motifs is 1. The third-order valence-electron chi connectivity index (χ3n) is 4.38. The molecular formula is C17H20N2O2. The van der Waals surface area contributed by atoms with E-state index in [1.807, 2.05) is 19.1 Å². The SMILES string of the molecule is Cc1ccc2cc(C(=O)O)c(N3CCCCC3)nc2c1C. The van der Waals surface area contributed by atoms with Crippen molar-refractivity contribution in [2.45, 2.75) is 33.1 Å². The lowest BCUT2D eigenvalue weighted by atomic mass is 10.0. The fraction of sp³-hybridized carbons (Fsp3) is 0.412. The number of rotatable bonds is 2. The number of piperidine rings is 1. The number of carbonyl (C=O) groups is 1. The molecule has 0 saturated carbocycles. The number of hydrogen-bond acceptors (Lipinski definition) is 3.